The summed E-state index contributed by atoms with van der Waals surface area (Å²) in [6.07, 6.45) is 2.23. The number of ketones is 1. The quantitative estimate of drug-likeness (QED) is 0.528. The first-order valence-electron chi connectivity index (χ1n) is 6.80. The average molecular weight is 264 g/mol. The molecule has 106 valence electrons. The summed E-state index contributed by atoms with van der Waals surface area (Å²) in [4.78, 5) is 11.4. The SMILES string of the molecule is COc1ccc(C(C)=O)cc1COCCCC(C)C. The van der Waals surface area contributed by atoms with E-state index in [1.54, 1.807) is 20.1 Å². The molecule has 0 aliphatic heterocycles. The highest BCUT2D eigenvalue weighted by molar-refractivity contribution is 5.94. The molecule has 0 radical (unpaired) electrons. The molecule has 0 aliphatic rings. The Kier molecular flexibility index (Phi) is 6.57. The van der Waals surface area contributed by atoms with Crippen LogP contribution < -0.4 is 4.74 Å². The van der Waals surface area contributed by atoms with E-state index in [2.05, 4.69) is 13.8 Å². The van der Waals surface area contributed by atoms with Crippen molar-refractivity contribution in [3.63, 3.8) is 0 Å². The summed E-state index contributed by atoms with van der Waals surface area (Å²) in [7, 11) is 1.63. The maximum absolute atomic E-state index is 11.4. The molecule has 0 unspecified atom stereocenters. The lowest BCUT2D eigenvalue weighted by atomic mass is 10.1. The summed E-state index contributed by atoms with van der Waals surface area (Å²) in [5, 5.41) is 0. The van der Waals surface area contributed by atoms with Gasteiger partial charge in [-0.1, -0.05) is 13.8 Å². The Labute approximate surface area is 115 Å². The van der Waals surface area contributed by atoms with Gasteiger partial charge in [0.1, 0.15) is 5.75 Å². The molecule has 1 aromatic carbocycles. The Bertz CT molecular complexity index is 410. The second-order valence-corrected chi connectivity index (χ2v) is 5.17. The molecule has 0 saturated carbocycles. The maximum atomic E-state index is 11.4. The molecule has 1 aromatic rings. The van der Waals surface area contributed by atoms with Crippen molar-refractivity contribution in [2.75, 3.05) is 13.7 Å². The minimum atomic E-state index is 0.0590. The summed E-state index contributed by atoms with van der Waals surface area (Å²) in [6, 6.07) is 5.45. The Morgan fingerprint density at radius 3 is 2.63 bits per heavy atom. The van der Waals surface area contributed by atoms with Gasteiger partial charge in [-0.25, -0.2) is 0 Å². The zero-order valence-corrected chi connectivity index (χ0v) is 12.4. The van der Waals surface area contributed by atoms with Crippen LogP contribution in [0.1, 0.15) is 49.5 Å². The smallest absolute Gasteiger partial charge is 0.159 e. The van der Waals surface area contributed by atoms with Crippen LogP contribution in [-0.2, 0) is 11.3 Å². The van der Waals surface area contributed by atoms with Gasteiger partial charge >= 0.3 is 0 Å². The van der Waals surface area contributed by atoms with Crippen molar-refractivity contribution in [3.8, 4) is 5.75 Å². The molecule has 0 fully saturated rings. The molecular weight excluding hydrogens is 240 g/mol. The number of hydrogen-bond donors (Lipinski definition) is 0. The molecule has 3 nitrogen and oxygen atoms in total. The van der Waals surface area contributed by atoms with Crippen molar-refractivity contribution in [1.29, 1.82) is 0 Å². The number of ether oxygens (including phenoxy) is 2. The summed E-state index contributed by atoms with van der Waals surface area (Å²) in [6.45, 7) is 7.21. The van der Waals surface area contributed by atoms with Crippen LogP contribution in [0, 0.1) is 5.92 Å². The molecule has 0 heterocycles. The first-order valence-corrected chi connectivity index (χ1v) is 6.80. The fraction of sp³-hybridized carbons (Fsp3) is 0.562. The van der Waals surface area contributed by atoms with Gasteiger partial charge in [-0.15, -0.1) is 0 Å². The van der Waals surface area contributed by atoms with Crippen LogP contribution in [0.2, 0.25) is 0 Å². The van der Waals surface area contributed by atoms with E-state index in [9.17, 15) is 4.79 Å². The zero-order chi connectivity index (χ0) is 14.3. The van der Waals surface area contributed by atoms with E-state index in [0.717, 1.165) is 24.3 Å². The molecule has 0 aliphatic carbocycles. The van der Waals surface area contributed by atoms with Crippen LogP contribution in [0.3, 0.4) is 0 Å². The zero-order valence-electron chi connectivity index (χ0n) is 12.4. The van der Waals surface area contributed by atoms with Crippen LogP contribution in [0.15, 0.2) is 18.2 Å². The van der Waals surface area contributed by atoms with Crippen LogP contribution in [0.5, 0.6) is 5.75 Å². The summed E-state index contributed by atoms with van der Waals surface area (Å²) in [5.41, 5.74) is 1.63. The lowest BCUT2D eigenvalue weighted by molar-refractivity contribution is 0.101. The third-order valence-electron chi connectivity index (χ3n) is 3.01. The predicted octanol–water partition coefficient (Wildman–Crippen LogP) is 3.85. The summed E-state index contributed by atoms with van der Waals surface area (Å²) >= 11 is 0. The summed E-state index contributed by atoms with van der Waals surface area (Å²) in [5.74, 6) is 1.54. The van der Waals surface area contributed by atoms with E-state index in [-0.39, 0.29) is 5.78 Å². The normalized spacial score (nSPS) is 10.8. The third kappa shape index (κ3) is 5.43. The second kappa shape index (κ2) is 7.95. The van der Waals surface area contributed by atoms with Gasteiger partial charge in [0.05, 0.1) is 13.7 Å². The molecule has 0 atom stereocenters. The lowest BCUT2D eigenvalue weighted by Gasteiger charge is -2.11. The van der Waals surface area contributed by atoms with E-state index < -0.39 is 0 Å². The van der Waals surface area contributed by atoms with E-state index >= 15 is 0 Å². The standard InChI is InChI=1S/C16H24O3/c1-12(2)6-5-9-19-11-15-10-14(13(3)17)7-8-16(15)18-4/h7-8,10,12H,5-6,9,11H2,1-4H3. The van der Waals surface area contributed by atoms with Crippen molar-refractivity contribution in [1.82, 2.24) is 0 Å². The molecule has 0 N–H and O–H groups in total. The van der Waals surface area contributed by atoms with Gasteiger partial charge in [0.25, 0.3) is 0 Å². The average Bonchev–Trinajstić information content (AvgIpc) is 2.37. The molecule has 19 heavy (non-hydrogen) atoms. The largest absolute Gasteiger partial charge is 0.496 e. The number of carbonyl (C=O) groups excluding carboxylic acids is 1. The Balaban J connectivity index is 2.55. The molecule has 0 amide bonds. The highest BCUT2D eigenvalue weighted by Crippen LogP contribution is 2.21. The molecular formula is C16H24O3. The van der Waals surface area contributed by atoms with Crippen molar-refractivity contribution >= 4 is 5.78 Å². The van der Waals surface area contributed by atoms with E-state index in [1.807, 2.05) is 12.1 Å². The van der Waals surface area contributed by atoms with Crippen LogP contribution in [0.4, 0.5) is 0 Å². The monoisotopic (exact) mass is 264 g/mol. The molecule has 3 heteroatoms. The topological polar surface area (TPSA) is 35.5 Å². The van der Waals surface area contributed by atoms with Gasteiger partial charge in [-0.05, 0) is 43.9 Å². The molecule has 1 rings (SSSR count). The van der Waals surface area contributed by atoms with Crippen molar-refractivity contribution in [2.24, 2.45) is 5.92 Å². The minimum absolute atomic E-state index is 0.0590. The molecule has 0 aromatic heterocycles. The van der Waals surface area contributed by atoms with Crippen molar-refractivity contribution < 1.29 is 14.3 Å². The predicted molar refractivity (Wildman–Crippen MR) is 76.7 cm³/mol. The highest BCUT2D eigenvalue weighted by Gasteiger charge is 2.07. The van der Waals surface area contributed by atoms with Gasteiger partial charge in [-0.2, -0.15) is 0 Å². The number of methoxy groups -OCH3 is 1. The number of hydrogen-bond acceptors (Lipinski definition) is 3. The van der Waals surface area contributed by atoms with Crippen molar-refractivity contribution in [3.05, 3.63) is 29.3 Å². The Morgan fingerprint density at radius 1 is 1.32 bits per heavy atom. The fourth-order valence-corrected chi connectivity index (χ4v) is 1.89. The van der Waals surface area contributed by atoms with Gasteiger partial charge in [0, 0.05) is 17.7 Å². The van der Waals surface area contributed by atoms with Gasteiger partial charge < -0.3 is 9.47 Å². The molecule has 0 spiro atoms. The van der Waals surface area contributed by atoms with Gasteiger partial charge in [-0.3, -0.25) is 4.79 Å². The second-order valence-electron chi connectivity index (χ2n) is 5.17. The Morgan fingerprint density at radius 2 is 2.05 bits per heavy atom. The first kappa shape index (κ1) is 15.7. The van der Waals surface area contributed by atoms with Crippen molar-refractivity contribution in [2.45, 2.75) is 40.2 Å². The highest BCUT2D eigenvalue weighted by atomic mass is 16.5. The maximum Gasteiger partial charge on any atom is 0.159 e. The van der Waals surface area contributed by atoms with Crippen LogP contribution >= 0.6 is 0 Å². The minimum Gasteiger partial charge on any atom is -0.496 e. The van der Waals surface area contributed by atoms with Gasteiger partial charge in [0.15, 0.2) is 5.78 Å². The Hall–Kier alpha value is -1.35. The third-order valence-corrected chi connectivity index (χ3v) is 3.01. The number of rotatable bonds is 8. The van der Waals surface area contributed by atoms with E-state index in [1.165, 1.54) is 6.42 Å². The number of Topliss-reactive ketones (excluding diaryl/α,β-unsaturated/α-hetero) is 1. The molecule has 0 bridgehead atoms. The van der Waals surface area contributed by atoms with E-state index in [4.69, 9.17) is 9.47 Å². The lowest BCUT2D eigenvalue weighted by Crippen LogP contribution is -2.02. The van der Waals surface area contributed by atoms with Crippen LogP contribution in [0.25, 0.3) is 0 Å². The summed E-state index contributed by atoms with van der Waals surface area (Å²) < 4.78 is 10.9. The van der Waals surface area contributed by atoms with Gasteiger partial charge in [0.2, 0.25) is 0 Å². The fourth-order valence-electron chi connectivity index (χ4n) is 1.89. The first-order chi connectivity index (χ1) is 9.04. The van der Waals surface area contributed by atoms with E-state index in [0.29, 0.717) is 18.1 Å². The molecule has 0 saturated heterocycles. The number of benzene rings is 1. The van der Waals surface area contributed by atoms with Crippen LogP contribution in [-0.4, -0.2) is 19.5 Å². The number of carbonyl (C=O) groups is 1.